The second-order valence-electron chi connectivity index (χ2n) is 8.08. The highest BCUT2D eigenvalue weighted by Gasteiger charge is 2.22. The fourth-order valence-electron chi connectivity index (χ4n) is 3.90. The number of ether oxygens (including phenoxy) is 1. The van der Waals surface area contributed by atoms with Crippen molar-refractivity contribution in [3.05, 3.63) is 94.0 Å². The quantitative estimate of drug-likeness (QED) is 0.428. The lowest BCUT2D eigenvalue weighted by atomic mass is 9.99. The number of pyridine rings is 1. The Kier molecular flexibility index (Phi) is 5.74. The summed E-state index contributed by atoms with van der Waals surface area (Å²) in [6, 6.07) is 14.7. The second-order valence-corrected chi connectivity index (χ2v) is 8.49. The van der Waals surface area contributed by atoms with E-state index in [-0.39, 0.29) is 16.8 Å². The molecule has 0 bridgehead atoms. The molecule has 1 aliphatic heterocycles. The fourth-order valence-corrected chi connectivity index (χ4v) is 4.07. The van der Waals surface area contributed by atoms with Gasteiger partial charge in [-0.3, -0.25) is 9.83 Å². The average molecular weight is 465 g/mol. The van der Waals surface area contributed by atoms with Crippen LogP contribution < -0.4 is 10.2 Å². The molecular formula is C25H22ClFN4O2. The second kappa shape index (κ2) is 8.84. The number of hydroxylamine groups is 1. The van der Waals surface area contributed by atoms with Crippen molar-refractivity contribution in [2.24, 2.45) is 4.99 Å². The largest absolute Gasteiger partial charge is 0.452 e. The number of rotatable bonds is 5. The van der Waals surface area contributed by atoms with Gasteiger partial charge in [0.1, 0.15) is 0 Å². The molecule has 8 heteroatoms. The molecule has 33 heavy (non-hydrogen) atoms. The predicted molar refractivity (Wildman–Crippen MR) is 126 cm³/mol. The van der Waals surface area contributed by atoms with Crippen molar-refractivity contribution in [3.8, 4) is 11.5 Å². The monoisotopic (exact) mass is 464 g/mol. The Balaban J connectivity index is 1.52. The Bertz CT molecular complexity index is 1370. The number of hydrogen-bond acceptors (Lipinski definition) is 5. The summed E-state index contributed by atoms with van der Waals surface area (Å²) in [5, 5.41) is 4.25. The number of nitrogens with one attached hydrogen (secondary N) is 1. The van der Waals surface area contributed by atoms with Gasteiger partial charge in [-0.25, -0.2) is 14.4 Å². The van der Waals surface area contributed by atoms with Crippen molar-refractivity contribution in [2.75, 3.05) is 6.61 Å². The van der Waals surface area contributed by atoms with Crippen LogP contribution in [0.2, 0.25) is 5.02 Å². The van der Waals surface area contributed by atoms with Crippen LogP contribution in [0, 0.1) is 19.7 Å². The zero-order valence-corrected chi connectivity index (χ0v) is 18.9. The van der Waals surface area contributed by atoms with Gasteiger partial charge >= 0.3 is 0 Å². The van der Waals surface area contributed by atoms with Gasteiger partial charge in [0, 0.05) is 6.20 Å². The van der Waals surface area contributed by atoms with Crippen LogP contribution in [-0.2, 0) is 11.3 Å². The molecule has 0 amide bonds. The first-order valence-electron chi connectivity index (χ1n) is 10.6. The number of amidine groups is 1. The van der Waals surface area contributed by atoms with Gasteiger partial charge in [-0.2, -0.15) is 5.10 Å². The summed E-state index contributed by atoms with van der Waals surface area (Å²) in [7, 11) is 0. The van der Waals surface area contributed by atoms with Crippen LogP contribution in [0.5, 0.6) is 11.5 Å². The van der Waals surface area contributed by atoms with Crippen LogP contribution in [-0.4, -0.2) is 28.1 Å². The van der Waals surface area contributed by atoms with Crippen molar-refractivity contribution < 1.29 is 14.0 Å². The molecule has 0 aliphatic carbocycles. The minimum absolute atomic E-state index is 0.0133. The van der Waals surface area contributed by atoms with E-state index in [1.807, 2.05) is 12.1 Å². The van der Waals surface area contributed by atoms with Gasteiger partial charge in [-0.1, -0.05) is 41.4 Å². The number of halogens is 2. The maximum absolute atomic E-state index is 14.5. The Morgan fingerprint density at radius 1 is 1.18 bits per heavy atom. The van der Waals surface area contributed by atoms with Crippen LogP contribution in [0.15, 0.2) is 65.9 Å². The number of aromatic nitrogens is 2. The summed E-state index contributed by atoms with van der Waals surface area (Å²) >= 11 is 5.94. The van der Waals surface area contributed by atoms with E-state index in [9.17, 15) is 4.39 Å². The highest BCUT2D eigenvalue weighted by molar-refractivity contribution is 6.30. The first kappa shape index (κ1) is 21.4. The summed E-state index contributed by atoms with van der Waals surface area (Å²) in [5.74, 6) is 0.263. The SMILES string of the molecule is Cc1ccc(C[C@@H]2CONC(c3cc4ccnn4cc3Oc3cccc(Cl)c3F)=N2)c(C)c1. The lowest BCUT2D eigenvalue weighted by Gasteiger charge is -2.24. The number of aliphatic imine (C=N–C) groups is 1. The minimum atomic E-state index is -0.631. The lowest BCUT2D eigenvalue weighted by molar-refractivity contribution is 0.0623. The molecule has 0 radical (unpaired) electrons. The molecule has 0 unspecified atom stereocenters. The zero-order chi connectivity index (χ0) is 22.9. The molecule has 1 N–H and O–H groups in total. The fraction of sp³-hybridized carbons (Fsp3) is 0.200. The molecule has 5 rings (SSSR count). The number of aryl methyl sites for hydroxylation is 2. The molecular weight excluding hydrogens is 443 g/mol. The Labute approximate surface area is 195 Å². The highest BCUT2D eigenvalue weighted by atomic mass is 35.5. The van der Waals surface area contributed by atoms with Crippen LogP contribution in [0.1, 0.15) is 22.3 Å². The van der Waals surface area contributed by atoms with Crippen molar-refractivity contribution in [3.63, 3.8) is 0 Å². The summed E-state index contributed by atoms with van der Waals surface area (Å²) in [6.45, 7) is 4.62. The highest BCUT2D eigenvalue weighted by Crippen LogP contribution is 2.32. The number of nitrogens with zero attached hydrogens (tertiary/aromatic N) is 3. The maximum Gasteiger partial charge on any atom is 0.184 e. The molecule has 168 valence electrons. The summed E-state index contributed by atoms with van der Waals surface area (Å²) in [6.07, 6.45) is 4.10. The maximum atomic E-state index is 14.5. The molecule has 1 aliphatic rings. The van der Waals surface area contributed by atoms with Crippen molar-refractivity contribution >= 4 is 23.0 Å². The van der Waals surface area contributed by atoms with Gasteiger partial charge in [-0.15, -0.1) is 0 Å². The minimum Gasteiger partial charge on any atom is -0.452 e. The molecule has 4 aromatic rings. The van der Waals surface area contributed by atoms with E-state index < -0.39 is 5.82 Å². The third-order valence-corrected chi connectivity index (χ3v) is 5.89. The zero-order valence-electron chi connectivity index (χ0n) is 18.2. The molecule has 0 saturated heterocycles. The van der Waals surface area contributed by atoms with E-state index in [4.69, 9.17) is 26.2 Å². The summed E-state index contributed by atoms with van der Waals surface area (Å²) in [4.78, 5) is 10.6. The van der Waals surface area contributed by atoms with Gasteiger partial charge in [0.15, 0.2) is 23.2 Å². The van der Waals surface area contributed by atoms with Gasteiger partial charge < -0.3 is 4.74 Å². The molecule has 0 fully saturated rings. The van der Waals surface area contributed by atoms with Crippen molar-refractivity contribution in [1.82, 2.24) is 15.1 Å². The van der Waals surface area contributed by atoms with Crippen LogP contribution in [0.4, 0.5) is 4.39 Å². The molecule has 6 nitrogen and oxygen atoms in total. The predicted octanol–water partition coefficient (Wildman–Crippen LogP) is 5.43. The standard InChI is InChI=1S/C25H22ClFN4O2/c1-15-6-7-17(16(2)10-15)11-18-14-32-30-25(29-18)20-12-19-8-9-28-31(19)13-23(20)33-22-5-3-4-21(26)24(22)27/h3-10,12-13,18H,11,14H2,1-2H3,(H,29,30)/t18-/m1/s1. The van der Waals surface area contributed by atoms with E-state index in [0.29, 0.717) is 23.8 Å². The van der Waals surface area contributed by atoms with Gasteiger partial charge in [-0.05, 0) is 55.7 Å². The number of fused-ring (bicyclic) bond motifs is 1. The van der Waals surface area contributed by atoms with E-state index in [1.165, 1.54) is 28.8 Å². The molecule has 1 atom stereocenters. The van der Waals surface area contributed by atoms with E-state index >= 15 is 0 Å². The molecule has 3 heterocycles. The summed E-state index contributed by atoms with van der Waals surface area (Å²) < 4.78 is 22.1. The van der Waals surface area contributed by atoms with E-state index in [2.05, 4.69) is 42.6 Å². The average Bonchev–Trinajstić information content (AvgIpc) is 3.26. The third-order valence-electron chi connectivity index (χ3n) is 5.60. The number of hydrogen-bond donors (Lipinski definition) is 1. The van der Waals surface area contributed by atoms with Crippen molar-refractivity contribution in [1.29, 1.82) is 0 Å². The third kappa shape index (κ3) is 4.42. The molecule has 0 spiro atoms. The number of benzene rings is 2. The molecule has 2 aromatic carbocycles. The van der Waals surface area contributed by atoms with Gasteiger partial charge in [0.05, 0.1) is 34.9 Å². The molecule has 0 saturated carbocycles. The lowest BCUT2D eigenvalue weighted by Crippen LogP contribution is -2.37. The van der Waals surface area contributed by atoms with Gasteiger partial charge in [0.25, 0.3) is 0 Å². The first-order valence-corrected chi connectivity index (χ1v) is 11.0. The van der Waals surface area contributed by atoms with Crippen molar-refractivity contribution in [2.45, 2.75) is 26.3 Å². The Morgan fingerprint density at radius 3 is 2.91 bits per heavy atom. The van der Waals surface area contributed by atoms with Crippen LogP contribution in [0.25, 0.3) is 5.52 Å². The Morgan fingerprint density at radius 2 is 2.06 bits per heavy atom. The van der Waals surface area contributed by atoms with Gasteiger partial charge in [0.2, 0.25) is 0 Å². The smallest absolute Gasteiger partial charge is 0.184 e. The topological polar surface area (TPSA) is 60.2 Å². The Hall–Kier alpha value is -3.42. The normalized spacial score (nSPS) is 15.9. The van der Waals surface area contributed by atoms with Crippen LogP contribution in [0.3, 0.4) is 0 Å². The van der Waals surface area contributed by atoms with Crippen LogP contribution >= 0.6 is 11.6 Å². The van der Waals surface area contributed by atoms with E-state index in [0.717, 1.165) is 11.9 Å². The van der Waals surface area contributed by atoms with E-state index in [1.54, 1.807) is 23.0 Å². The molecule has 2 aromatic heterocycles. The summed E-state index contributed by atoms with van der Waals surface area (Å²) in [5.41, 5.74) is 8.06. The first-order chi connectivity index (χ1) is 16.0.